The molecule has 2 rings (SSSR count). The van der Waals surface area contributed by atoms with Gasteiger partial charge in [-0.3, -0.25) is 4.79 Å². The van der Waals surface area contributed by atoms with Crippen molar-refractivity contribution in [3.8, 4) is 0 Å². The van der Waals surface area contributed by atoms with Crippen LogP contribution in [0.1, 0.15) is 38.5 Å². The lowest BCUT2D eigenvalue weighted by molar-refractivity contribution is -0.141. The van der Waals surface area contributed by atoms with Crippen LogP contribution in [0.4, 0.5) is 4.79 Å². The number of carbonyl (C=O) groups excluding carboxylic acids is 1. The van der Waals surface area contributed by atoms with E-state index in [0.717, 1.165) is 45.2 Å². The molecule has 0 aromatic carbocycles. The van der Waals surface area contributed by atoms with Gasteiger partial charge in [-0.2, -0.15) is 0 Å². The maximum atomic E-state index is 11.8. The number of nitrogens with one attached hydrogen (secondary N) is 2. The third-order valence-corrected chi connectivity index (χ3v) is 4.95. The zero-order valence-electron chi connectivity index (χ0n) is 12.9. The van der Waals surface area contributed by atoms with Crippen molar-refractivity contribution in [2.45, 2.75) is 38.5 Å². The molecule has 1 saturated heterocycles. The van der Waals surface area contributed by atoms with Crippen LogP contribution in [0.3, 0.4) is 0 Å². The molecular formula is C15H27N3O3. The highest BCUT2D eigenvalue weighted by Gasteiger charge is 2.39. The van der Waals surface area contributed by atoms with Crippen molar-refractivity contribution in [3.05, 3.63) is 0 Å². The van der Waals surface area contributed by atoms with Gasteiger partial charge in [-0.05, 0) is 57.2 Å². The molecule has 2 aliphatic rings. The number of nitrogens with zero attached hydrogens (tertiary/aromatic N) is 1. The molecule has 120 valence electrons. The first-order valence-corrected chi connectivity index (χ1v) is 7.91. The number of hydrogen-bond acceptors (Lipinski definition) is 3. The number of piperidine rings is 1. The van der Waals surface area contributed by atoms with Crippen molar-refractivity contribution < 1.29 is 14.7 Å². The molecule has 1 heterocycles. The fourth-order valence-electron chi connectivity index (χ4n) is 3.25. The Kier molecular flexibility index (Phi) is 5.45. The van der Waals surface area contributed by atoms with Crippen LogP contribution in [0.25, 0.3) is 0 Å². The zero-order valence-corrected chi connectivity index (χ0v) is 12.9. The Balaban J connectivity index is 1.64. The molecule has 0 unspecified atom stereocenters. The van der Waals surface area contributed by atoms with Crippen molar-refractivity contribution in [2.24, 2.45) is 11.3 Å². The van der Waals surface area contributed by atoms with Crippen molar-refractivity contribution >= 4 is 12.0 Å². The summed E-state index contributed by atoms with van der Waals surface area (Å²) in [7, 11) is 2.12. The summed E-state index contributed by atoms with van der Waals surface area (Å²) in [5, 5.41) is 14.7. The van der Waals surface area contributed by atoms with E-state index in [9.17, 15) is 9.59 Å². The Hall–Kier alpha value is -1.30. The number of aliphatic carboxylic acids is 1. The maximum Gasteiger partial charge on any atom is 0.314 e. The number of carboxylic acid groups (broad SMARTS) is 1. The minimum atomic E-state index is -0.775. The highest BCUT2D eigenvalue weighted by atomic mass is 16.4. The van der Waals surface area contributed by atoms with Gasteiger partial charge in [0.05, 0.1) is 6.42 Å². The number of carbonyl (C=O) groups is 2. The van der Waals surface area contributed by atoms with E-state index in [2.05, 4.69) is 22.6 Å². The Labute approximate surface area is 126 Å². The maximum absolute atomic E-state index is 11.8. The second-order valence-corrected chi connectivity index (χ2v) is 6.73. The highest BCUT2D eigenvalue weighted by molar-refractivity contribution is 5.74. The normalized spacial score (nSPS) is 22.3. The lowest BCUT2D eigenvalue weighted by Gasteiger charge is -2.40. The van der Waals surface area contributed by atoms with Crippen LogP contribution in [0, 0.1) is 11.3 Å². The summed E-state index contributed by atoms with van der Waals surface area (Å²) in [5.41, 5.74) is -0.212. The van der Waals surface area contributed by atoms with Gasteiger partial charge < -0.3 is 20.6 Å². The van der Waals surface area contributed by atoms with Crippen molar-refractivity contribution in [3.63, 3.8) is 0 Å². The molecular weight excluding hydrogens is 270 g/mol. The van der Waals surface area contributed by atoms with Gasteiger partial charge in [0.1, 0.15) is 0 Å². The highest BCUT2D eigenvalue weighted by Crippen LogP contribution is 2.43. The van der Waals surface area contributed by atoms with Crippen LogP contribution in [0.15, 0.2) is 0 Å². The van der Waals surface area contributed by atoms with Crippen molar-refractivity contribution in [2.75, 3.05) is 33.2 Å². The second kappa shape index (κ2) is 7.11. The lowest BCUT2D eigenvalue weighted by Crippen LogP contribution is -2.47. The summed E-state index contributed by atoms with van der Waals surface area (Å²) >= 11 is 0. The predicted octanol–water partition coefficient (Wildman–Crippen LogP) is 1.27. The van der Waals surface area contributed by atoms with Crippen molar-refractivity contribution in [1.29, 1.82) is 0 Å². The standard InChI is InChI=1S/C15H27N3O3/c1-18-7-3-12(4-8-18)10-16-14(21)17-11-15(5-2-6-15)9-13(19)20/h12H,2-11H2,1H3,(H,19,20)(H2,16,17,21). The van der Waals surface area contributed by atoms with Crippen LogP contribution < -0.4 is 10.6 Å². The van der Waals surface area contributed by atoms with E-state index < -0.39 is 5.97 Å². The smallest absolute Gasteiger partial charge is 0.314 e. The third-order valence-electron chi connectivity index (χ3n) is 4.95. The Morgan fingerprint density at radius 2 is 1.90 bits per heavy atom. The Bertz CT molecular complexity index is 374. The van der Waals surface area contributed by atoms with E-state index >= 15 is 0 Å². The Morgan fingerprint density at radius 1 is 1.24 bits per heavy atom. The van der Waals surface area contributed by atoms with E-state index in [4.69, 9.17) is 5.11 Å². The molecule has 2 fully saturated rings. The predicted molar refractivity (Wildman–Crippen MR) is 80.2 cm³/mol. The average molecular weight is 297 g/mol. The molecule has 21 heavy (non-hydrogen) atoms. The zero-order chi connectivity index (χ0) is 15.3. The quantitative estimate of drug-likeness (QED) is 0.689. The van der Waals surface area contributed by atoms with Crippen LogP contribution in [0.2, 0.25) is 0 Å². The fourth-order valence-corrected chi connectivity index (χ4v) is 3.25. The van der Waals surface area contributed by atoms with Gasteiger partial charge in [-0.1, -0.05) is 6.42 Å². The molecule has 1 aliphatic carbocycles. The molecule has 0 aromatic heterocycles. The third kappa shape index (κ3) is 4.88. The minimum absolute atomic E-state index is 0.155. The molecule has 1 aliphatic heterocycles. The van der Waals surface area contributed by atoms with Crippen LogP contribution in [-0.2, 0) is 4.79 Å². The van der Waals surface area contributed by atoms with Crippen LogP contribution >= 0.6 is 0 Å². The molecule has 3 N–H and O–H groups in total. The largest absolute Gasteiger partial charge is 0.481 e. The monoisotopic (exact) mass is 297 g/mol. The Morgan fingerprint density at radius 3 is 2.43 bits per heavy atom. The van der Waals surface area contributed by atoms with Gasteiger partial charge in [0.2, 0.25) is 0 Å². The molecule has 6 nitrogen and oxygen atoms in total. The van der Waals surface area contributed by atoms with Gasteiger partial charge >= 0.3 is 12.0 Å². The summed E-state index contributed by atoms with van der Waals surface area (Å²) in [6.45, 7) is 3.37. The molecule has 0 aromatic rings. The molecule has 0 radical (unpaired) electrons. The first kappa shape index (κ1) is 16.1. The molecule has 0 bridgehead atoms. The second-order valence-electron chi connectivity index (χ2n) is 6.73. The molecule has 2 amide bonds. The number of rotatable bonds is 6. The number of hydrogen-bond donors (Lipinski definition) is 3. The van der Waals surface area contributed by atoms with Crippen molar-refractivity contribution in [1.82, 2.24) is 15.5 Å². The van der Waals surface area contributed by atoms with Crippen LogP contribution in [-0.4, -0.2) is 55.2 Å². The summed E-state index contributed by atoms with van der Waals surface area (Å²) in [6.07, 6.45) is 5.26. The molecule has 1 saturated carbocycles. The number of carboxylic acids is 1. The van der Waals surface area contributed by atoms with Gasteiger partial charge in [0, 0.05) is 13.1 Å². The molecule has 6 heteroatoms. The summed E-state index contributed by atoms with van der Waals surface area (Å²) in [5.74, 6) is -0.216. The number of urea groups is 1. The number of likely N-dealkylation sites (tertiary alicyclic amines) is 1. The molecule has 0 spiro atoms. The first-order chi connectivity index (χ1) is 9.99. The molecule has 0 atom stereocenters. The summed E-state index contributed by atoms with van der Waals surface area (Å²) in [6, 6.07) is -0.161. The number of amides is 2. The average Bonchev–Trinajstić information content (AvgIpc) is 2.40. The fraction of sp³-hybridized carbons (Fsp3) is 0.867. The van der Waals surface area contributed by atoms with E-state index in [-0.39, 0.29) is 17.9 Å². The van der Waals surface area contributed by atoms with E-state index in [1.807, 2.05) is 0 Å². The topological polar surface area (TPSA) is 81.7 Å². The van der Waals surface area contributed by atoms with Gasteiger partial charge in [-0.15, -0.1) is 0 Å². The van der Waals surface area contributed by atoms with E-state index in [1.54, 1.807) is 0 Å². The van der Waals surface area contributed by atoms with Gasteiger partial charge in [-0.25, -0.2) is 4.79 Å². The summed E-state index contributed by atoms with van der Waals surface area (Å²) in [4.78, 5) is 25.0. The van der Waals surface area contributed by atoms with Gasteiger partial charge in [0.15, 0.2) is 0 Å². The lowest BCUT2D eigenvalue weighted by atomic mass is 9.66. The SMILES string of the molecule is CN1CCC(CNC(=O)NCC2(CC(=O)O)CCC2)CC1. The minimum Gasteiger partial charge on any atom is -0.481 e. The van der Waals surface area contributed by atoms with E-state index in [0.29, 0.717) is 19.0 Å². The summed E-state index contributed by atoms with van der Waals surface area (Å²) < 4.78 is 0. The first-order valence-electron chi connectivity index (χ1n) is 7.91. The van der Waals surface area contributed by atoms with E-state index in [1.165, 1.54) is 0 Å². The van der Waals surface area contributed by atoms with Crippen LogP contribution in [0.5, 0.6) is 0 Å². The van der Waals surface area contributed by atoms with Gasteiger partial charge in [0.25, 0.3) is 0 Å².